The zero-order valence-corrected chi connectivity index (χ0v) is 11.6. The second-order valence-corrected chi connectivity index (χ2v) is 4.41. The summed E-state index contributed by atoms with van der Waals surface area (Å²) in [6.07, 6.45) is 2.46. The van der Waals surface area contributed by atoms with E-state index in [1.165, 1.54) is 6.07 Å². The van der Waals surface area contributed by atoms with Gasteiger partial charge in [-0.1, -0.05) is 38.5 Å². The Morgan fingerprint density at radius 1 is 1.32 bits per heavy atom. The molecule has 1 aromatic rings. The van der Waals surface area contributed by atoms with Crippen molar-refractivity contribution in [2.75, 3.05) is 13.2 Å². The van der Waals surface area contributed by atoms with Gasteiger partial charge in [-0.2, -0.15) is 0 Å². The second kappa shape index (κ2) is 8.55. The molecule has 2 nitrogen and oxygen atoms in total. The van der Waals surface area contributed by atoms with Crippen molar-refractivity contribution < 1.29 is 14.2 Å². The van der Waals surface area contributed by atoms with Crippen LogP contribution in [0.25, 0.3) is 0 Å². The molecular formula is C16H21FO2. The van der Waals surface area contributed by atoms with E-state index in [0.717, 1.165) is 12.8 Å². The monoisotopic (exact) mass is 264 g/mol. The van der Waals surface area contributed by atoms with Crippen LogP contribution in [0.15, 0.2) is 18.2 Å². The van der Waals surface area contributed by atoms with E-state index in [4.69, 9.17) is 9.84 Å². The van der Waals surface area contributed by atoms with Gasteiger partial charge in [0.2, 0.25) is 0 Å². The molecule has 0 aliphatic rings. The fourth-order valence-electron chi connectivity index (χ4n) is 1.64. The molecule has 104 valence electrons. The number of hydrogen-bond acceptors (Lipinski definition) is 2. The predicted molar refractivity (Wildman–Crippen MR) is 74.5 cm³/mol. The highest BCUT2D eigenvalue weighted by atomic mass is 19.1. The second-order valence-electron chi connectivity index (χ2n) is 4.41. The van der Waals surface area contributed by atoms with Crippen LogP contribution in [0.1, 0.15) is 38.7 Å². The minimum Gasteiger partial charge on any atom is -0.490 e. The highest BCUT2D eigenvalue weighted by Crippen LogP contribution is 2.20. The third-order valence-electron chi connectivity index (χ3n) is 3.03. The van der Waals surface area contributed by atoms with E-state index in [0.29, 0.717) is 24.5 Å². The lowest BCUT2D eigenvalue weighted by molar-refractivity contribution is 0.231. The molecule has 19 heavy (non-hydrogen) atoms. The van der Waals surface area contributed by atoms with Crippen molar-refractivity contribution in [1.82, 2.24) is 0 Å². The number of halogens is 1. The van der Waals surface area contributed by atoms with Crippen LogP contribution in [0.2, 0.25) is 0 Å². The maximum absolute atomic E-state index is 13.6. The molecule has 0 spiro atoms. The summed E-state index contributed by atoms with van der Waals surface area (Å²) in [5.41, 5.74) is 0.703. The van der Waals surface area contributed by atoms with Gasteiger partial charge in [0.25, 0.3) is 0 Å². The standard InChI is InChI=1S/C16H21FO2/c1-3-13(4-2)12-19-16-11-14(7-5-6-10-18)8-9-15(16)17/h8-9,11,13,18H,3-4,6,10,12H2,1-2H3. The van der Waals surface area contributed by atoms with Gasteiger partial charge in [0, 0.05) is 12.0 Å². The summed E-state index contributed by atoms with van der Waals surface area (Å²) in [4.78, 5) is 0. The quantitative estimate of drug-likeness (QED) is 0.798. The Hall–Kier alpha value is -1.53. The molecule has 3 heteroatoms. The number of ether oxygens (including phenoxy) is 1. The summed E-state index contributed by atoms with van der Waals surface area (Å²) in [5.74, 6) is 6.02. The average Bonchev–Trinajstić information content (AvgIpc) is 2.43. The summed E-state index contributed by atoms with van der Waals surface area (Å²) < 4.78 is 19.1. The minimum atomic E-state index is -0.362. The molecule has 0 aliphatic carbocycles. The van der Waals surface area contributed by atoms with Crippen LogP contribution in [0.3, 0.4) is 0 Å². The summed E-state index contributed by atoms with van der Waals surface area (Å²) in [6.45, 7) is 4.76. The third-order valence-corrected chi connectivity index (χ3v) is 3.03. The predicted octanol–water partition coefficient (Wildman–Crippen LogP) is 3.37. The van der Waals surface area contributed by atoms with E-state index in [9.17, 15) is 4.39 Å². The van der Waals surface area contributed by atoms with E-state index in [2.05, 4.69) is 25.7 Å². The highest BCUT2D eigenvalue weighted by molar-refractivity contribution is 5.40. The number of rotatable bonds is 6. The third kappa shape index (κ3) is 5.32. The van der Waals surface area contributed by atoms with Gasteiger partial charge in [0.05, 0.1) is 13.2 Å². The molecule has 1 aromatic carbocycles. The maximum atomic E-state index is 13.6. The van der Waals surface area contributed by atoms with Gasteiger partial charge in [0.1, 0.15) is 0 Å². The van der Waals surface area contributed by atoms with Crippen LogP contribution in [0.4, 0.5) is 4.39 Å². The minimum absolute atomic E-state index is 0.0340. The van der Waals surface area contributed by atoms with Gasteiger partial charge >= 0.3 is 0 Å². The summed E-state index contributed by atoms with van der Waals surface area (Å²) in [5, 5.41) is 8.66. The first-order chi connectivity index (χ1) is 9.21. The molecule has 0 saturated heterocycles. The lowest BCUT2D eigenvalue weighted by Crippen LogP contribution is -2.10. The van der Waals surface area contributed by atoms with E-state index in [1.54, 1.807) is 12.1 Å². The van der Waals surface area contributed by atoms with E-state index < -0.39 is 0 Å². The Kier molecular flexibility index (Phi) is 6.99. The smallest absolute Gasteiger partial charge is 0.165 e. The molecule has 0 aliphatic heterocycles. The van der Waals surface area contributed by atoms with Crippen LogP contribution in [-0.2, 0) is 0 Å². The Morgan fingerprint density at radius 2 is 2.05 bits per heavy atom. The number of aliphatic hydroxyl groups excluding tert-OH is 1. The first-order valence-electron chi connectivity index (χ1n) is 6.73. The van der Waals surface area contributed by atoms with Crippen LogP contribution in [0, 0.1) is 23.6 Å². The Bertz CT molecular complexity index is 442. The van der Waals surface area contributed by atoms with Crippen LogP contribution in [-0.4, -0.2) is 18.3 Å². The molecule has 1 N–H and O–H groups in total. The highest BCUT2D eigenvalue weighted by Gasteiger charge is 2.08. The topological polar surface area (TPSA) is 29.5 Å². The van der Waals surface area contributed by atoms with Crippen molar-refractivity contribution in [2.24, 2.45) is 5.92 Å². The van der Waals surface area contributed by atoms with Crippen molar-refractivity contribution in [2.45, 2.75) is 33.1 Å². The maximum Gasteiger partial charge on any atom is 0.165 e. The van der Waals surface area contributed by atoms with Crippen molar-refractivity contribution in [3.8, 4) is 17.6 Å². The fraction of sp³-hybridized carbons (Fsp3) is 0.500. The number of aliphatic hydroxyl groups is 1. The van der Waals surface area contributed by atoms with Crippen LogP contribution < -0.4 is 4.74 Å². The summed E-state index contributed by atoms with van der Waals surface area (Å²) in [7, 11) is 0. The molecule has 0 fully saturated rings. The average molecular weight is 264 g/mol. The van der Waals surface area contributed by atoms with Crippen molar-refractivity contribution in [1.29, 1.82) is 0 Å². The lowest BCUT2D eigenvalue weighted by Gasteiger charge is -2.14. The van der Waals surface area contributed by atoms with Gasteiger partial charge < -0.3 is 9.84 Å². The lowest BCUT2D eigenvalue weighted by atomic mass is 10.1. The van der Waals surface area contributed by atoms with Gasteiger partial charge in [-0.15, -0.1) is 0 Å². The molecule has 0 heterocycles. The van der Waals surface area contributed by atoms with Gasteiger partial charge in [-0.05, 0) is 24.1 Å². The molecule has 0 bridgehead atoms. The Balaban J connectivity index is 2.72. The van der Waals surface area contributed by atoms with Crippen LogP contribution in [0.5, 0.6) is 5.75 Å². The van der Waals surface area contributed by atoms with E-state index in [-0.39, 0.29) is 18.2 Å². The molecule has 0 atom stereocenters. The van der Waals surface area contributed by atoms with Gasteiger partial charge in [-0.3, -0.25) is 0 Å². The molecule has 0 unspecified atom stereocenters. The number of benzene rings is 1. The SMILES string of the molecule is CCC(CC)COc1cc(C#CCCO)ccc1F. The van der Waals surface area contributed by atoms with Gasteiger partial charge in [-0.25, -0.2) is 4.39 Å². The molecule has 1 rings (SSSR count). The first-order valence-corrected chi connectivity index (χ1v) is 6.73. The van der Waals surface area contributed by atoms with Crippen molar-refractivity contribution in [3.05, 3.63) is 29.6 Å². The zero-order chi connectivity index (χ0) is 14.1. The van der Waals surface area contributed by atoms with Crippen LogP contribution >= 0.6 is 0 Å². The molecular weight excluding hydrogens is 243 g/mol. The Labute approximate surface area is 114 Å². The van der Waals surface area contributed by atoms with E-state index >= 15 is 0 Å². The molecule has 0 amide bonds. The summed E-state index contributed by atoms with van der Waals surface area (Å²) in [6, 6.07) is 4.59. The van der Waals surface area contributed by atoms with Crippen molar-refractivity contribution >= 4 is 0 Å². The zero-order valence-electron chi connectivity index (χ0n) is 11.6. The largest absolute Gasteiger partial charge is 0.490 e. The van der Waals surface area contributed by atoms with E-state index in [1.807, 2.05) is 0 Å². The van der Waals surface area contributed by atoms with Gasteiger partial charge in [0.15, 0.2) is 11.6 Å². The molecule has 0 aromatic heterocycles. The normalized spacial score (nSPS) is 10.2. The number of hydrogen-bond donors (Lipinski definition) is 1. The molecule has 0 saturated carbocycles. The fourth-order valence-corrected chi connectivity index (χ4v) is 1.64. The summed E-state index contributed by atoms with van der Waals surface area (Å²) >= 11 is 0. The van der Waals surface area contributed by atoms with Crippen molar-refractivity contribution in [3.63, 3.8) is 0 Å². The Morgan fingerprint density at radius 3 is 2.68 bits per heavy atom. The first kappa shape index (κ1) is 15.5. The molecule has 0 radical (unpaired) electrons.